The summed E-state index contributed by atoms with van der Waals surface area (Å²) in [4.78, 5) is 28.6. The largest absolute Gasteiger partial charge is 0.390 e. The van der Waals surface area contributed by atoms with Gasteiger partial charge < -0.3 is 20.3 Å². The molecule has 0 spiro atoms. The lowest BCUT2D eigenvalue weighted by Gasteiger charge is -2.12. The fourth-order valence-corrected chi connectivity index (χ4v) is 3.50. The van der Waals surface area contributed by atoms with Crippen LogP contribution < -0.4 is 10.6 Å². The second-order valence-corrected chi connectivity index (χ2v) is 8.53. The Morgan fingerprint density at radius 3 is 2.66 bits per heavy atom. The zero-order valence-electron chi connectivity index (χ0n) is 16.2. The Kier molecular flexibility index (Phi) is 9.29. The first kappa shape index (κ1) is 23.5. The third-order valence-corrected chi connectivity index (χ3v) is 5.67. The van der Waals surface area contributed by atoms with Crippen LogP contribution in [0.1, 0.15) is 26.0 Å². The van der Waals surface area contributed by atoms with Gasteiger partial charge in [-0.05, 0) is 30.5 Å². The van der Waals surface area contributed by atoms with Crippen LogP contribution in [0.25, 0.3) is 0 Å². The molecule has 0 radical (unpaired) electrons. The molecular weight excluding hydrogens is 435 g/mol. The van der Waals surface area contributed by atoms with Gasteiger partial charge in [-0.25, -0.2) is 4.98 Å². The number of benzene rings is 1. The van der Waals surface area contributed by atoms with Gasteiger partial charge in [0.1, 0.15) is 6.54 Å². The second-order valence-electron chi connectivity index (χ2n) is 6.77. The Bertz CT molecular complexity index is 858. The molecule has 3 N–H and O–H groups in total. The highest BCUT2D eigenvalue weighted by Crippen LogP contribution is 2.25. The minimum Gasteiger partial charge on any atom is -0.390 e. The molecule has 0 unspecified atom stereocenters. The van der Waals surface area contributed by atoms with E-state index in [1.165, 1.54) is 18.0 Å². The molecular formula is C19H24Cl2N4O3S. The lowest BCUT2D eigenvalue weighted by atomic mass is 10.1. The predicted octanol–water partition coefficient (Wildman–Crippen LogP) is 3.58. The quantitative estimate of drug-likeness (QED) is 0.472. The van der Waals surface area contributed by atoms with Crippen molar-refractivity contribution in [2.24, 2.45) is 5.92 Å². The average Bonchev–Trinajstić information content (AvgIpc) is 3.04. The number of imidazole rings is 1. The van der Waals surface area contributed by atoms with Gasteiger partial charge in [0.05, 0.1) is 34.3 Å². The van der Waals surface area contributed by atoms with Gasteiger partial charge in [0, 0.05) is 12.2 Å². The number of amides is 2. The first-order valence-corrected chi connectivity index (χ1v) is 10.8. The number of nitrogens with one attached hydrogen (secondary N) is 2. The zero-order valence-corrected chi connectivity index (χ0v) is 18.6. The van der Waals surface area contributed by atoms with Crippen LogP contribution in [0.2, 0.25) is 10.0 Å². The maximum Gasteiger partial charge on any atom is 0.240 e. The molecule has 0 saturated carbocycles. The third-order valence-electron chi connectivity index (χ3n) is 3.94. The molecule has 0 bridgehead atoms. The minimum atomic E-state index is -0.255. The van der Waals surface area contributed by atoms with Gasteiger partial charge >= 0.3 is 0 Å². The molecule has 158 valence electrons. The number of thioether (sulfide) groups is 1. The van der Waals surface area contributed by atoms with E-state index in [9.17, 15) is 14.7 Å². The van der Waals surface area contributed by atoms with E-state index in [0.29, 0.717) is 39.0 Å². The van der Waals surface area contributed by atoms with Crippen LogP contribution in [-0.2, 0) is 22.7 Å². The zero-order chi connectivity index (χ0) is 21.4. The van der Waals surface area contributed by atoms with Crippen LogP contribution in [-0.4, -0.2) is 38.8 Å². The van der Waals surface area contributed by atoms with E-state index in [1.807, 2.05) is 0 Å². The number of carbonyl (C=O) groups excluding carboxylic acids is 2. The molecule has 0 aliphatic heterocycles. The molecule has 1 aromatic carbocycles. The lowest BCUT2D eigenvalue weighted by Crippen LogP contribution is -2.30. The van der Waals surface area contributed by atoms with Crippen LogP contribution in [0.4, 0.5) is 5.69 Å². The Balaban J connectivity index is 1.94. The van der Waals surface area contributed by atoms with Gasteiger partial charge in [-0.1, -0.05) is 48.8 Å². The summed E-state index contributed by atoms with van der Waals surface area (Å²) in [5.41, 5.74) is 1.05. The molecule has 1 aromatic heterocycles. The summed E-state index contributed by atoms with van der Waals surface area (Å²) in [6.45, 7) is 4.55. The van der Waals surface area contributed by atoms with Crippen LogP contribution >= 0.6 is 35.0 Å². The molecule has 0 aliphatic rings. The third kappa shape index (κ3) is 7.54. The van der Waals surface area contributed by atoms with E-state index in [2.05, 4.69) is 29.5 Å². The number of anilines is 1. The Hall–Kier alpha value is -1.74. The highest BCUT2D eigenvalue weighted by Gasteiger charge is 2.15. The average molecular weight is 459 g/mol. The standard InChI is InChI=1S/C19H24Cl2N4O3S/c1-12(2)5-6-22-17(27)9-25-14(10-26)8-23-19(25)29-11-18(28)24-13-3-4-15(20)16(21)7-13/h3-4,7-8,12,26H,5-6,9-11H2,1-2H3,(H,22,27)(H,24,28). The maximum absolute atomic E-state index is 12.2. The highest BCUT2D eigenvalue weighted by atomic mass is 35.5. The molecule has 29 heavy (non-hydrogen) atoms. The van der Waals surface area contributed by atoms with Crippen molar-refractivity contribution >= 4 is 52.5 Å². The number of nitrogens with zero attached hydrogens (tertiary/aromatic N) is 2. The van der Waals surface area contributed by atoms with E-state index in [0.717, 1.165) is 6.42 Å². The SMILES string of the molecule is CC(C)CCNC(=O)Cn1c(CO)cnc1SCC(=O)Nc1ccc(Cl)c(Cl)c1. The summed E-state index contributed by atoms with van der Waals surface area (Å²) in [7, 11) is 0. The van der Waals surface area contributed by atoms with Gasteiger partial charge in [-0.3, -0.25) is 9.59 Å². The molecule has 2 amide bonds. The van der Waals surface area contributed by atoms with Crippen molar-refractivity contribution in [1.82, 2.24) is 14.9 Å². The lowest BCUT2D eigenvalue weighted by molar-refractivity contribution is -0.121. The van der Waals surface area contributed by atoms with E-state index < -0.39 is 0 Å². The first-order chi connectivity index (χ1) is 13.8. The summed E-state index contributed by atoms with van der Waals surface area (Å²) >= 11 is 13.0. The topological polar surface area (TPSA) is 96.2 Å². The normalized spacial score (nSPS) is 11.0. The Morgan fingerprint density at radius 1 is 1.24 bits per heavy atom. The van der Waals surface area contributed by atoms with Gasteiger partial charge in [0.15, 0.2) is 5.16 Å². The molecule has 0 atom stereocenters. The first-order valence-electron chi connectivity index (χ1n) is 9.09. The molecule has 10 heteroatoms. The van der Waals surface area contributed by atoms with Crippen molar-refractivity contribution in [3.05, 3.63) is 40.1 Å². The minimum absolute atomic E-state index is 0.0325. The number of hydrogen-bond donors (Lipinski definition) is 3. The van der Waals surface area contributed by atoms with Crippen LogP contribution in [0.5, 0.6) is 0 Å². The predicted molar refractivity (Wildman–Crippen MR) is 116 cm³/mol. The number of aliphatic hydroxyl groups excluding tert-OH is 1. The summed E-state index contributed by atoms with van der Waals surface area (Å²) in [6, 6.07) is 4.83. The van der Waals surface area contributed by atoms with Crippen molar-refractivity contribution < 1.29 is 14.7 Å². The molecule has 1 heterocycles. The smallest absolute Gasteiger partial charge is 0.240 e. The van der Waals surface area contributed by atoms with Crippen LogP contribution in [0.15, 0.2) is 29.6 Å². The van der Waals surface area contributed by atoms with E-state index in [4.69, 9.17) is 23.2 Å². The van der Waals surface area contributed by atoms with Crippen molar-refractivity contribution in [3.63, 3.8) is 0 Å². The summed E-state index contributed by atoms with van der Waals surface area (Å²) < 4.78 is 1.61. The Labute approximate surface area is 184 Å². The summed E-state index contributed by atoms with van der Waals surface area (Å²) in [5, 5.41) is 16.3. The van der Waals surface area contributed by atoms with Crippen molar-refractivity contribution in [2.45, 2.75) is 38.6 Å². The number of carbonyl (C=O) groups is 2. The fourth-order valence-electron chi connectivity index (χ4n) is 2.40. The molecule has 2 aromatic rings. The fraction of sp³-hybridized carbons (Fsp3) is 0.421. The number of aliphatic hydroxyl groups is 1. The molecule has 2 rings (SSSR count). The van der Waals surface area contributed by atoms with Gasteiger partial charge in [0.2, 0.25) is 11.8 Å². The molecule has 0 aliphatic carbocycles. The second kappa shape index (κ2) is 11.4. The van der Waals surface area contributed by atoms with Crippen molar-refractivity contribution in [2.75, 3.05) is 17.6 Å². The molecule has 7 nitrogen and oxygen atoms in total. The van der Waals surface area contributed by atoms with Crippen LogP contribution in [0, 0.1) is 5.92 Å². The van der Waals surface area contributed by atoms with E-state index >= 15 is 0 Å². The van der Waals surface area contributed by atoms with Gasteiger partial charge in [-0.15, -0.1) is 0 Å². The van der Waals surface area contributed by atoms with E-state index in [-0.39, 0.29) is 30.7 Å². The van der Waals surface area contributed by atoms with E-state index in [1.54, 1.807) is 22.8 Å². The maximum atomic E-state index is 12.2. The number of rotatable bonds is 10. The number of hydrogen-bond acceptors (Lipinski definition) is 5. The summed E-state index contributed by atoms with van der Waals surface area (Å²) in [5.74, 6) is 0.156. The highest BCUT2D eigenvalue weighted by molar-refractivity contribution is 7.99. The number of halogens is 2. The monoisotopic (exact) mass is 458 g/mol. The molecule has 0 fully saturated rings. The van der Waals surface area contributed by atoms with Gasteiger partial charge in [-0.2, -0.15) is 0 Å². The van der Waals surface area contributed by atoms with Crippen LogP contribution in [0.3, 0.4) is 0 Å². The summed E-state index contributed by atoms with van der Waals surface area (Å²) in [6.07, 6.45) is 2.39. The Morgan fingerprint density at radius 2 is 2.00 bits per heavy atom. The van der Waals surface area contributed by atoms with Crippen molar-refractivity contribution in [3.8, 4) is 0 Å². The number of aromatic nitrogens is 2. The molecule has 0 saturated heterocycles. The van der Waals surface area contributed by atoms with Crippen molar-refractivity contribution in [1.29, 1.82) is 0 Å². The van der Waals surface area contributed by atoms with Gasteiger partial charge in [0.25, 0.3) is 0 Å².